The van der Waals surface area contributed by atoms with Crippen molar-refractivity contribution >= 4 is 11.6 Å². The SMILES string of the molecule is CCN(C(=O)Cn1cc(CN)nn1)c1cccc(O)c1. The molecule has 1 heterocycles. The summed E-state index contributed by atoms with van der Waals surface area (Å²) in [6.45, 7) is 2.74. The number of aromatic hydroxyl groups is 1. The first-order valence-electron chi connectivity index (χ1n) is 6.32. The maximum Gasteiger partial charge on any atom is 0.248 e. The molecule has 0 saturated carbocycles. The van der Waals surface area contributed by atoms with Crippen molar-refractivity contribution in [2.45, 2.75) is 20.0 Å². The van der Waals surface area contributed by atoms with Gasteiger partial charge in [-0.15, -0.1) is 5.10 Å². The second-order valence-electron chi connectivity index (χ2n) is 4.27. The summed E-state index contributed by atoms with van der Waals surface area (Å²) >= 11 is 0. The van der Waals surface area contributed by atoms with Gasteiger partial charge in [0.05, 0.1) is 11.9 Å². The van der Waals surface area contributed by atoms with Crippen molar-refractivity contribution in [2.75, 3.05) is 11.4 Å². The fourth-order valence-corrected chi connectivity index (χ4v) is 1.90. The fraction of sp³-hybridized carbons (Fsp3) is 0.308. The average molecular weight is 275 g/mol. The van der Waals surface area contributed by atoms with Gasteiger partial charge in [0, 0.05) is 24.8 Å². The summed E-state index contributed by atoms with van der Waals surface area (Å²) in [4.78, 5) is 13.9. The molecular weight excluding hydrogens is 258 g/mol. The van der Waals surface area contributed by atoms with Crippen LogP contribution in [0.2, 0.25) is 0 Å². The number of phenols is 1. The Morgan fingerprint density at radius 3 is 2.90 bits per heavy atom. The van der Waals surface area contributed by atoms with Crippen LogP contribution in [0.3, 0.4) is 0 Å². The lowest BCUT2D eigenvalue weighted by Crippen LogP contribution is -2.33. The number of hydrogen-bond acceptors (Lipinski definition) is 5. The fourth-order valence-electron chi connectivity index (χ4n) is 1.90. The van der Waals surface area contributed by atoms with Gasteiger partial charge in [0.25, 0.3) is 0 Å². The van der Waals surface area contributed by atoms with E-state index in [0.29, 0.717) is 17.9 Å². The smallest absolute Gasteiger partial charge is 0.248 e. The number of benzene rings is 1. The Labute approximate surface area is 116 Å². The lowest BCUT2D eigenvalue weighted by Gasteiger charge is -2.21. The van der Waals surface area contributed by atoms with E-state index in [-0.39, 0.29) is 24.7 Å². The largest absolute Gasteiger partial charge is 0.508 e. The minimum absolute atomic E-state index is 0.0799. The maximum absolute atomic E-state index is 12.3. The molecule has 0 aliphatic carbocycles. The summed E-state index contributed by atoms with van der Waals surface area (Å²) in [6, 6.07) is 6.58. The third kappa shape index (κ3) is 3.12. The minimum atomic E-state index is -0.133. The number of nitrogens with two attached hydrogens (primary N) is 1. The lowest BCUT2D eigenvalue weighted by atomic mass is 10.2. The maximum atomic E-state index is 12.3. The quantitative estimate of drug-likeness (QED) is 0.828. The first kappa shape index (κ1) is 14.0. The number of carbonyl (C=O) groups is 1. The number of phenolic OH excluding ortho intramolecular Hbond substituents is 1. The van der Waals surface area contributed by atoms with Gasteiger partial charge < -0.3 is 15.7 Å². The van der Waals surface area contributed by atoms with Crippen LogP contribution in [0.5, 0.6) is 5.75 Å². The van der Waals surface area contributed by atoms with Crippen LogP contribution in [0.15, 0.2) is 30.5 Å². The highest BCUT2D eigenvalue weighted by atomic mass is 16.3. The number of amides is 1. The molecule has 106 valence electrons. The van der Waals surface area contributed by atoms with Crippen LogP contribution < -0.4 is 10.6 Å². The molecule has 0 fully saturated rings. The second kappa shape index (κ2) is 6.16. The van der Waals surface area contributed by atoms with Crippen LogP contribution in [0.4, 0.5) is 5.69 Å². The molecule has 20 heavy (non-hydrogen) atoms. The molecule has 7 nitrogen and oxygen atoms in total. The molecule has 1 aromatic carbocycles. The minimum Gasteiger partial charge on any atom is -0.508 e. The lowest BCUT2D eigenvalue weighted by molar-refractivity contribution is -0.119. The first-order chi connectivity index (χ1) is 9.63. The van der Waals surface area contributed by atoms with E-state index in [9.17, 15) is 9.90 Å². The molecule has 2 aromatic rings. The molecule has 0 atom stereocenters. The second-order valence-corrected chi connectivity index (χ2v) is 4.27. The molecule has 1 amide bonds. The van der Waals surface area contributed by atoms with Crippen LogP contribution in [-0.4, -0.2) is 32.6 Å². The van der Waals surface area contributed by atoms with E-state index >= 15 is 0 Å². The van der Waals surface area contributed by atoms with Crippen molar-refractivity contribution in [3.63, 3.8) is 0 Å². The average Bonchev–Trinajstić information content (AvgIpc) is 2.87. The highest BCUT2D eigenvalue weighted by Gasteiger charge is 2.15. The summed E-state index contributed by atoms with van der Waals surface area (Å²) in [5.74, 6) is -0.00787. The molecule has 0 aliphatic rings. The number of nitrogens with zero attached hydrogens (tertiary/aromatic N) is 4. The molecule has 3 N–H and O–H groups in total. The van der Waals surface area contributed by atoms with E-state index in [2.05, 4.69) is 10.3 Å². The zero-order chi connectivity index (χ0) is 14.5. The monoisotopic (exact) mass is 275 g/mol. The normalized spacial score (nSPS) is 10.5. The molecule has 0 unspecified atom stereocenters. The third-order valence-corrected chi connectivity index (χ3v) is 2.85. The zero-order valence-corrected chi connectivity index (χ0v) is 11.2. The molecule has 7 heteroatoms. The topological polar surface area (TPSA) is 97.3 Å². The van der Waals surface area contributed by atoms with Gasteiger partial charge >= 0.3 is 0 Å². The Morgan fingerprint density at radius 1 is 1.50 bits per heavy atom. The van der Waals surface area contributed by atoms with Crippen LogP contribution >= 0.6 is 0 Å². The predicted octanol–water partition coefficient (Wildman–Crippen LogP) is 0.495. The van der Waals surface area contributed by atoms with E-state index in [1.165, 1.54) is 4.68 Å². The molecule has 0 radical (unpaired) electrons. The molecule has 0 spiro atoms. The summed E-state index contributed by atoms with van der Waals surface area (Å²) < 4.78 is 1.45. The van der Waals surface area contributed by atoms with Gasteiger partial charge in [-0.2, -0.15) is 0 Å². The molecular formula is C13H17N5O2. The summed E-state index contributed by atoms with van der Waals surface area (Å²) in [6.07, 6.45) is 1.65. The molecule has 2 rings (SSSR count). The van der Waals surface area contributed by atoms with E-state index in [4.69, 9.17) is 5.73 Å². The highest BCUT2D eigenvalue weighted by Crippen LogP contribution is 2.20. The van der Waals surface area contributed by atoms with Crippen molar-refractivity contribution in [1.29, 1.82) is 0 Å². The Balaban J connectivity index is 2.13. The third-order valence-electron chi connectivity index (χ3n) is 2.85. The van der Waals surface area contributed by atoms with Gasteiger partial charge in [0.2, 0.25) is 5.91 Å². The predicted molar refractivity (Wildman–Crippen MR) is 74.0 cm³/mol. The van der Waals surface area contributed by atoms with E-state index in [1.807, 2.05) is 6.92 Å². The Morgan fingerprint density at radius 2 is 2.30 bits per heavy atom. The van der Waals surface area contributed by atoms with Crippen molar-refractivity contribution in [3.8, 4) is 5.75 Å². The Hall–Kier alpha value is -2.41. The van der Waals surface area contributed by atoms with Gasteiger partial charge in [-0.05, 0) is 19.1 Å². The van der Waals surface area contributed by atoms with Crippen molar-refractivity contribution < 1.29 is 9.90 Å². The number of carbonyl (C=O) groups excluding carboxylic acids is 1. The first-order valence-corrected chi connectivity index (χ1v) is 6.32. The van der Waals surface area contributed by atoms with Gasteiger partial charge in [-0.25, -0.2) is 4.68 Å². The van der Waals surface area contributed by atoms with Crippen LogP contribution in [0.25, 0.3) is 0 Å². The van der Waals surface area contributed by atoms with E-state index in [1.54, 1.807) is 35.4 Å². The summed E-state index contributed by atoms with van der Waals surface area (Å²) in [7, 11) is 0. The summed E-state index contributed by atoms with van der Waals surface area (Å²) in [5.41, 5.74) is 6.74. The van der Waals surface area contributed by atoms with Crippen molar-refractivity contribution in [2.24, 2.45) is 5.73 Å². The summed E-state index contributed by atoms with van der Waals surface area (Å²) in [5, 5.41) is 17.2. The van der Waals surface area contributed by atoms with Gasteiger partial charge in [-0.3, -0.25) is 4.79 Å². The highest BCUT2D eigenvalue weighted by molar-refractivity contribution is 5.93. The van der Waals surface area contributed by atoms with Gasteiger partial charge in [0.15, 0.2) is 0 Å². The van der Waals surface area contributed by atoms with E-state index in [0.717, 1.165) is 0 Å². The number of aromatic nitrogens is 3. The van der Waals surface area contributed by atoms with Crippen LogP contribution in [0, 0.1) is 0 Å². The van der Waals surface area contributed by atoms with Crippen LogP contribution in [-0.2, 0) is 17.9 Å². The number of hydrogen-bond donors (Lipinski definition) is 2. The number of likely N-dealkylation sites (N-methyl/N-ethyl adjacent to an activating group) is 1. The van der Waals surface area contributed by atoms with Crippen molar-refractivity contribution in [1.82, 2.24) is 15.0 Å². The zero-order valence-electron chi connectivity index (χ0n) is 11.2. The molecule has 0 saturated heterocycles. The molecule has 1 aromatic heterocycles. The Kier molecular flexibility index (Phi) is 4.31. The van der Waals surface area contributed by atoms with Gasteiger partial charge in [-0.1, -0.05) is 11.3 Å². The van der Waals surface area contributed by atoms with E-state index < -0.39 is 0 Å². The Bertz CT molecular complexity index is 596. The van der Waals surface area contributed by atoms with Crippen LogP contribution in [0.1, 0.15) is 12.6 Å². The number of rotatable bonds is 5. The van der Waals surface area contributed by atoms with Gasteiger partial charge in [0.1, 0.15) is 12.3 Å². The molecule has 0 aliphatic heterocycles. The number of anilines is 1. The molecule has 0 bridgehead atoms. The standard InChI is InChI=1S/C13H17N5O2/c1-2-18(11-4-3-5-12(19)6-11)13(20)9-17-8-10(7-14)15-16-17/h3-6,8,19H,2,7,9,14H2,1H3. The van der Waals surface area contributed by atoms with Crippen molar-refractivity contribution in [3.05, 3.63) is 36.2 Å².